The van der Waals surface area contributed by atoms with Crippen LogP contribution in [0.4, 0.5) is 4.39 Å². The first-order chi connectivity index (χ1) is 12.8. The molecule has 1 aromatic rings. The van der Waals surface area contributed by atoms with Gasteiger partial charge in [0.1, 0.15) is 5.82 Å². The van der Waals surface area contributed by atoms with Gasteiger partial charge in [0.2, 0.25) is 11.8 Å². The van der Waals surface area contributed by atoms with E-state index < -0.39 is 0 Å². The van der Waals surface area contributed by atoms with Crippen molar-refractivity contribution in [3.63, 3.8) is 0 Å². The predicted octanol–water partition coefficient (Wildman–Crippen LogP) is 2.23. The molecular weight excluding hydrogens is 345 g/mol. The lowest BCUT2D eigenvalue weighted by Crippen LogP contribution is -2.49. The molecule has 148 valence electrons. The van der Waals surface area contributed by atoms with Crippen molar-refractivity contribution in [1.29, 1.82) is 0 Å². The molecule has 1 N–H and O–H groups in total. The molecule has 1 saturated heterocycles. The first-order valence-corrected chi connectivity index (χ1v) is 9.88. The molecule has 0 bridgehead atoms. The van der Waals surface area contributed by atoms with Crippen molar-refractivity contribution in [2.45, 2.75) is 38.6 Å². The molecule has 3 rings (SSSR count). The Balaban J connectivity index is 1.77. The van der Waals surface area contributed by atoms with Crippen LogP contribution in [-0.4, -0.2) is 60.9 Å². The number of likely N-dealkylation sites (N-methyl/N-ethyl adjacent to an activating group) is 1. The topological polar surface area (TPSA) is 52.7 Å². The molecule has 3 atom stereocenters. The number of piperazine rings is 1. The van der Waals surface area contributed by atoms with Crippen LogP contribution in [0.3, 0.4) is 0 Å². The summed E-state index contributed by atoms with van der Waals surface area (Å²) in [5, 5.41) is 3.09. The largest absolute Gasteiger partial charge is 0.353 e. The molecule has 0 aromatic heterocycles. The van der Waals surface area contributed by atoms with Crippen LogP contribution >= 0.6 is 0 Å². The normalized spacial score (nSPS) is 26.4. The van der Waals surface area contributed by atoms with Crippen molar-refractivity contribution in [3.05, 3.63) is 35.6 Å². The fourth-order valence-electron chi connectivity index (χ4n) is 4.14. The Bertz CT molecular complexity index is 669. The van der Waals surface area contributed by atoms with E-state index in [4.69, 9.17) is 0 Å². The third-order valence-corrected chi connectivity index (χ3v) is 5.86. The second-order valence-corrected chi connectivity index (χ2v) is 8.22. The Morgan fingerprint density at radius 2 is 1.70 bits per heavy atom. The summed E-state index contributed by atoms with van der Waals surface area (Å²) in [6.45, 7) is 6.99. The molecule has 6 heteroatoms. The average molecular weight is 375 g/mol. The van der Waals surface area contributed by atoms with Gasteiger partial charge in [0, 0.05) is 44.1 Å². The lowest BCUT2D eigenvalue weighted by Gasteiger charge is -2.35. The number of hydrogen-bond acceptors (Lipinski definition) is 3. The zero-order valence-corrected chi connectivity index (χ0v) is 16.5. The number of halogens is 1. The van der Waals surface area contributed by atoms with Gasteiger partial charge in [0.05, 0.1) is 0 Å². The summed E-state index contributed by atoms with van der Waals surface area (Å²) in [6.07, 6.45) is 1.36. The van der Waals surface area contributed by atoms with E-state index in [1.54, 1.807) is 12.1 Å². The molecule has 0 radical (unpaired) electrons. The third-order valence-electron chi connectivity index (χ3n) is 5.86. The van der Waals surface area contributed by atoms with Crippen LogP contribution in [0.5, 0.6) is 0 Å². The fourth-order valence-corrected chi connectivity index (χ4v) is 4.14. The van der Waals surface area contributed by atoms with Crippen molar-refractivity contribution in [2.24, 2.45) is 11.8 Å². The van der Waals surface area contributed by atoms with E-state index in [0.717, 1.165) is 31.7 Å². The van der Waals surface area contributed by atoms with Crippen LogP contribution in [0.15, 0.2) is 24.3 Å². The van der Waals surface area contributed by atoms with Crippen LogP contribution in [-0.2, 0) is 9.59 Å². The van der Waals surface area contributed by atoms with Crippen molar-refractivity contribution < 1.29 is 14.0 Å². The Labute approximate surface area is 160 Å². The first kappa shape index (κ1) is 19.8. The van der Waals surface area contributed by atoms with Gasteiger partial charge in [-0.3, -0.25) is 9.59 Å². The minimum atomic E-state index is -0.275. The highest BCUT2D eigenvalue weighted by Gasteiger charge is 2.42. The summed E-state index contributed by atoms with van der Waals surface area (Å²) in [5.74, 6) is -0.333. The van der Waals surface area contributed by atoms with Gasteiger partial charge in [-0.1, -0.05) is 26.0 Å². The zero-order chi connectivity index (χ0) is 19.6. The minimum Gasteiger partial charge on any atom is -0.353 e. The van der Waals surface area contributed by atoms with Gasteiger partial charge in [-0.25, -0.2) is 4.39 Å². The summed E-state index contributed by atoms with van der Waals surface area (Å²) in [4.78, 5) is 29.6. The third kappa shape index (κ3) is 4.67. The number of carbonyl (C=O) groups is 2. The number of rotatable bonds is 4. The van der Waals surface area contributed by atoms with Crippen LogP contribution in [0.1, 0.15) is 38.2 Å². The summed E-state index contributed by atoms with van der Waals surface area (Å²) in [6, 6.07) is 6.43. The quantitative estimate of drug-likeness (QED) is 0.878. The van der Waals surface area contributed by atoms with Crippen molar-refractivity contribution >= 4 is 11.8 Å². The van der Waals surface area contributed by atoms with Gasteiger partial charge in [-0.05, 0) is 43.5 Å². The molecule has 1 aliphatic carbocycles. The van der Waals surface area contributed by atoms with Gasteiger partial charge >= 0.3 is 0 Å². The van der Waals surface area contributed by atoms with Gasteiger partial charge in [0.25, 0.3) is 0 Å². The molecule has 0 spiro atoms. The van der Waals surface area contributed by atoms with E-state index in [0.29, 0.717) is 12.8 Å². The second-order valence-electron chi connectivity index (χ2n) is 8.22. The molecule has 27 heavy (non-hydrogen) atoms. The number of nitrogens with one attached hydrogen (secondary N) is 1. The lowest BCUT2D eigenvalue weighted by atomic mass is 9.87. The molecular formula is C21H30FN3O2. The highest BCUT2D eigenvalue weighted by Crippen LogP contribution is 2.41. The van der Waals surface area contributed by atoms with Crippen LogP contribution in [0, 0.1) is 17.7 Å². The lowest BCUT2D eigenvalue weighted by molar-refractivity contribution is -0.137. The highest BCUT2D eigenvalue weighted by molar-refractivity contribution is 5.81. The van der Waals surface area contributed by atoms with E-state index in [-0.39, 0.29) is 41.4 Å². The molecule has 1 saturated carbocycles. The summed E-state index contributed by atoms with van der Waals surface area (Å²) in [7, 11) is 2.07. The van der Waals surface area contributed by atoms with Gasteiger partial charge < -0.3 is 15.1 Å². The minimum absolute atomic E-state index is 0.00946. The maximum Gasteiger partial charge on any atom is 0.226 e. The van der Waals surface area contributed by atoms with E-state index in [9.17, 15) is 14.0 Å². The van der Waals surface area contributed by atoms with Crippen LogP contribution < -0.4 is 5.32 Å². The molecule has 2 amide bonds. The maximum atomic E-state index is 13.4. The van der Waals surface area contributed by atoms with Gasteiger partial charge in [-0.15, -0.1) is 0 Å². The first-order valence-electron chi connectivity index (χ1n) is 9.88. The number of amides is 2. The smallest absolute Gasteiger partial charge is 0.226 e. The number of benzene rings is 1. The Morgan fingerprint density at radius 3 is 2.30 bits per heavy atom. The van der Waals surface area contributed by atoms with Crippen molar-refractivity contribution in [3.8, 4) is 0 Å². The van der Waals surface area contributed by atoms with Crippen molar-refractivity contribution in [2.75, 3.05) is 33.2 Å². The molecule has 1 aromatic carbocycles. The summed E-state index contributed by atoms with van der Waals surface area (Å²) >= 11 is 0. The van der Waals surface area contributed by atoms with E-state index in [1.807, 2.05) is 18.7 Å². The number of hydrogen-bond donors (Lipinski definition) is 1. The second kappa shape index (κ2) is 8.38. The summed E-state index contributed by atoms with van der Waals surface area (Å²) in [5.41, 5.74) is 0.977. The number of nitrogens with zero attached hydrogens (tertiary/aromatic N) is 2. The Hall–Kier alpha value is -1.95. The zero-order valence-electron chi connectivity index (χ0n) is 16.5. The molecule has 0 unspecified atom stereocenters. The summed E-state index contributed by atoms with van der Waals surface area (Å²) < 4.78 is 13.4. The highest BCUT2D eigenvalue weighted by atomic mass is 19.1. The SMILES string of the molecule is CC(C)C(=O)N[C@@H]1C[C@H](C(=O)N2CCN(C)CC2)[C@@H](c2ccc(F)cc2)C1. The molecule has 2 aliphatic rings. The fraction of sp³-hybridized carbons (Fsp3) is 0.619. The van der Waals surface area contributed by atoms with Crippen LogP contribution in [0.25, 0.3) is 0 Å². The van der Waals surface area contributed by atoms with Crippen LogP contribution in [0.2, 0.25) is 0 Å². The molecule has 5 nitrogen and oxygen atoms in total. The Kier molecular flexibility index (Phi) is 6.15. The Morgan fingerprint density at radius 1 is 1.07 bits per heavy atom. The van der Waals surface area contributed by atoms with Gasteiger partial charge in [-0.2, -0.15) is 0 Å². The number of carbonyl (C=O) groups excluding carboxylic acids is 2. The van der Waals surface area contributed by atoms with Gasteiger partial charge in [0.15, 0.2) is 0 Å². The average Bonchev–Trinajstić information content (AvgIpc) is 3.06. The predicted molar refractivity (Wildman–Crippen MR) is 103 cm³/mol. The van der Waals surface area contributed by atoms with E-state index in [1.165, 1.54) is 12.1 Å². The molecule has 1 aliphatic heterocycles. The molecule has 1 heterocycles. The van der Waals surface area contributed by atoms with E-state index >= 15 is 0 Å². The monoisotopic (exact) mass is 375 g/mol. The maximum absolute atomic E-state index is 13.4. The molecule has 2 fully saturated rings. The van der Waals surface area contributed by atoms with E-state index in [2.05, 4.69) is 17.3 Å². The standard InChI is InChI=1S/C21H30FN3O2/c1-14(2)20(26)23-17-12-18(15-4-6-16(22)7-5-15)19(13-17)21(27)25-10-8-24(3)9-11-25/h4-7,14,17-19H,8-13H2,1-3H3,(H,23,26)/t17-,18+,19-/m0/s1. The van der Waals surface area contributed by atoms with Crippen molar-refractivity contribution in [1.82, 2.24) is 15.1 Å².